The van der Waals surface area contributed by atoms with E-state index >= 15 is 0 Å². The smallest absolute Gasteiger partial charge is 0.263 e. The van der Waals surface area contributed by atoms with Gasteiger partial charge in [-0.3, -0.25) is 9.52 Å². The van der Waals surface area contributed by atoms with E-state index in [0.717, 1.165) is 94.1 Å². The number of benzene rings is 2. The number of aryl methyl sites for hydroxylation is 1. The van der Waals surface area contributed by atoms with Crippen LogP contribution < -0.4 is 14.4 Å². The average molecular weight is 703 g/mol. The second-order valence-electron chi connectivity index (χ2n) is 13.9. The second kappa shape index (κ2) is 18.2. The summed E-state index contributed by atoms with van der Waals surface area (Å²) < 4.78 is 40.0. The SMILES string of the molecule is CCCCc1cc(Cl)ccc1C1COc2ccc(C(=O)NS(=O)C(COC)C(C)CCC)cc2N(CC2CCC2CC2OCCCO2)C1. The van der Waals surface area contributed by atoms with Crippen LogP contribution in [0.3, 0.4) is 0 Å². The molecule has 48 heavy (non-hydrogen) atoms. The molecule has 10 heteroatoms. The van der Waals surface area contributed by atoms with Gasteiger partial charge in [0.15, 0.2) is 6.29 Å². The minimum absolute atomic E-state index is 0.118. The summed E-state index contributed by atoms with van der Waals surface area (Å²) in [4.78, 5) is 16.0. The molecule has 6 unspecified atom stereocenters. The van der Waals surface area contributed by atoms with Crippen LogP contribution in [0.5, 0.6) is 5.75 Å². The van der Waals surface area contributed by atoms with Crippen molar-refractivity contribution in [1.29, 1.82) is 0 Å². The second-order valence-corrected chi connectivity index (χ2v) is 15.7. The molecule has 0 spiro atoms. The highest BCUT2D eigenvalue weighted by Crippen LogP contribution is 2.43. The van der Waals surface area contributed by atoms with Gasteiger partial charge in [-0.1, -0.05) is 51.3 Å². The summed E-state index contributed by atoms with van der Waals surface area (Å²) in [6.07, 6.45) is 9.14. The van der Waals surface area contributed by atoms with Gasteiger partial charge in [0, 0.05) is 43.1 Å². The van der Waals surface area contributed by atoms with Crippen LogP contribution in [0.15, 0.2) is 36.4 Å². The normalized spacial score (nSPS) is 23.3. The van der Waals surface area contributed by atoms with Crippen molar-refractivity contribution in [3.63, 3.8) is 0 Å². The third-order valence-corrected chi connectivity index (χ3v) is 12.2. The Labute approximate surface area is 295 Å². The molecule has 1 saturated carbocycles. The van der Waals surface area contributed by atoms with Gasteiger partial charge in [0.1, 0.15) is 16.7 Å². The van der Waals surface area contributed by atoms with E-state index in [0.29, 0.717) is 30.6 Å². The Kier molecular flexibility index (Phi) is 14.0. The van der Waals surface area contributed by atoms with Crippen LogP contribution in [0.2, 0.25) is 5.02 Å². The van der Waals surface area contributed by atoms with E-state index in [4.69, 9.17) is 30.5 Å². The Balaban J connectivity index is 1.40. The minimum atomic E-state index is -1.59. The molecule has 2 aromatic rings. The van der Waals surface area contributed by atoms with Crippen LogP contribution in [-0.4, -0.2) is 68.3 Å². The number of fused-ring (bicyclic) bond motifs is 1. The van der Waals surface area contributed by atoms with Crippen molar-refractivity contribution in [3.05, 3.63) is 58.1 Å². The van der Waals surface area contributed by atoms with Crippen molar-refractivity contribution in [2.45, 2.75) is 96.0 Å². The molecule has 266 valence electrons. The van der Waals surface area contributed by atoms with E-state index in [2.05, 4.69) is 42.5 Å². The number of nitrogens with one attached hydrogen (secondary N) is 1. The molecule has 3 aliphatic rings. The molecule has 1 N–H and O–H groups in total. The molecule has 2 aliphatic heterocycles. The lowest BCUT2D eigenvalue weighted by atomic mass is 9.71. The van der Waals surface area contributed by atoms with Gasteiger partial charge in [-0.25, -0.2) is 4.21 Å². The molecule has 0 radical (unpaired) electrons. The Morgan fingerprint density at radius 3 is 2.60 bits per heavy atom. The maximum Gasteiger partial charge on any atom is 0.263 e. The molecule has 2 heterocycles. The fourth-order valence-corrected chi connectivity index (χ4v) is 8.88. The van der Waals surface area contributed by atoms with Crippen LogP contribution >= 0.6 is 11.6 Å². The maximum atomic E-state index is 13.6. The molecule has 6 atom stereocenters. The van der Waals surface area contributed by atoms with Gasteiger partial charge >= 0.3 is 0 Å². The molecule has 5 rings (SSSR count). The van der Waals surface area contributed by atoms with Crippen molar-refractivity contribution in [3.8, 4) is 5.75 Å². The van der Waals surface area contributed by atoms with E-state index in [1.54, 1.807) is 13.2 Å². The predicted molar refractivity (Wildman–Crippen MR) is 193 cm³/mol. The van der Waals surface area contributed by atoms with E-state index in [9.17, 15) is 9.00 Å². The summed E-state index contributed by atoms with van der Waals surface area (Å²) in [7, 11) is 0.0227. The Bertz CT molecular complexity index is 1370. The first-order chi connectivity index (χ1) is 23.3. The number of hydrogen-bond acceptors (Lipinski definition) is 7. The van der Waals surface area contributed by atoms with Crippen LogP contribution in [0, 0.1) is 17.8 Å². The summed E-state index contributed by atoms with van der Waals surface area (Å²) in [5, 5.41) is 0.475. The summed E-state index contributed by atoms with van der Waals surface area (Å²) >= 11 is 6.48. The van der Waals surface area contributed by atoms with Gasteiger partial charge in [0.25, 0.3) is 5.91 Å². The highest BCUT2D eigenvalue weighted by molar-refractivity contribution is 7.84. The van der Waals surface area contributed by atoms with Gasteiger partial charge < -0.3 is 23.8 Å². The Morgan fingerprint density at radius 2 is 1.90 bits per heavy atom. The Morgan fingerprint density at radius 1 is 1.10 bits per heavy atom. The zero-order valence-electron chi connectivity index (χ0n) is 29.2. The number of anilines is 1. The number of nitrogens with zero attached hydrogens (tertiary/aromatic N) is 1. The number of carbonyl (C=O) groups is 1. The molecule has 1 saturated heterocycles. The number of rotatable bonds is 16. The molecule has 8 nitrogen and oxygen atoms in total. The van der Waals surface area contributed by atoms with E-state index in [-0.39, 0.29) is 29.3 Å². The van der Waals surface area contributed by atoms with Crippen LogP contribution in [0.1, 0.15) is 99.5 Å². The third kappa shape index (κ3) is 9.53. The summed E-state index contributed by atoms with van der Waals surface area (Å²) in [6.45, 7) is 10.4. The van der Waals surface area contributed by atoms with Crippen LogP contribution in [0.25, 0.3) is 0 Å². The first kappa shape index (κ1) is 37.1. The zero-order valence-corrected chi connectivity index (χ0v) is 30.8. The molecular weight excluding hydrogens is 648 g/mol. The van der Waals surface area contributed by atoms with E-state index in [1.165, 1.54) is 17.5 Å². The molecule has 2 fully saturated rings. The molecular formula is C38H55ClN2O6S. The van der Waals surface area contributed by atoms with Crippen LogP contribution in [0.4, 0.5) is 5.69 Å². The van der Waals surface area contributed by atoms with Gasteiger partial charge in [0.05, 0.1) is 37.4 Å². The number of amides is 1. The molecule has 1 aliphatic carbocycles. The third-order valence-electron chi connectivity index (χ3n) is 10.4. The quantitative estimate of drug-likeness (QED) is 0.192. The van der Waals surface area contributed by atoms with Gasteiger partial charge in [-0.05, 0) is 97.7 Å². The van der Waals surface area contributed by atoms with Crippen molar-refractivity contribution in [2.24, 2.45) is 17.8 Å². The highest BCUT2D eigenvalue weighted by atomic mass is 35.5. The van der Waals surface area contributed by atoms with Gasteiger partial charge in [-0.2, -0.15) is 0 Å². The monoisotopic (exact) mass is 702 g/mol. The van der Waals surface area contributed by atoms with Crippen molar-refractivity contribution >= 4 is 34.2 Å². The van der Waals surface area contributed by atoms with Crippen molar-refractivity contribution in [2.75, 3.05) is 51.5 Å². The van der Waals surface area contributed by atoms with Gasteiger partial charge in [0.2, 0.25) is 0 Å². The van der Waals surface area contributed by atoms with Crippen molar-refractivity contribution in [1.82, 2.24) is 4.72 Å². The lowest BCUT2D eigenvalue weighted by molar-refractivity contribution is -0.192. The number of ether oxygens (including phenoxy) is 4. The predicted octanol–water partition coefficient (Wildman–Crippen LogP) is 7.69. The van der Waals surface area contributed by atoms with Crippen LogP contribution in [-0.2, 0) is 31.6 Å². The van der Waals surface area contributed by atoms with Gasteiger partial charge in [-0.15, -0.1) is 0 Å². The highest BCUT2D eigenvalue weighted by Gasteiger charge is 2.37. The number of carbonyl (C=O) groups excluding carboxylic acids is 1. The topological polar surface area (TPSA) is 86.3 Å². The largest absolute Gasteiger partial charge is 0.491 e. The number of halogens is 1. The minimum Gasteiger partial charge on any atom is -0.491 e. The molecule has 0 bridgehead atoms. The molecule has 2 aromatic carbocycles. The molecule has 0 aromatic heterocycles. The van der Waals surface area contributed by atoms with Crippen molar-refractivity contribution < 1.29 is 28.0 Å². The number of hydrogen-bond donors (Lipinski definition) is 1. The summed E-state index contributed by atoms with van der Waals surface area (Å²) in [5.74, 6) is 1.70. The average Bonchev–Trinajstić information content (AvgIpc) is 3.26. The Hall–Kier alpha value is -2.17. The first-order valence-electron chi connectivity index (χ1n) is 18.0. The van der Waals surface area contributed by atoms with E-state index < -0.39 is 11.0 Å². The fourth-order valence-electron chi connectivity index (χ4n) is 7.41. The zero-order chi connectivity index (χ0) is 34.0. The lowest BCUT2D eigenvalue weighted by Crippen LogP contribution is -2.42. The summed E-state index contributed by atoms with van der Waals surface area (Å²) in [5.41, 5.74) is 3.93. The number of unbranched alkanes of at least 4 members (excludes halogenated alkanes) is 1. The maximum absolute atomic E-state index is 13.6. The standard InChI is InChI=1S/C38H55ClN2O6S/c1-5-7-10-28-19-32(39)14-15-33(28)31-23-41(22-30-12-11-27(30)21-37-45-17-8-18-46-37)34-20-29(13-16-35(34)47-24-31)38(42)40-48(43)36(25-44-4)26(3)9-6-2/h13-16,19-20,26-27,30-31,36-37H,5-12,17-18,21-25H2,1-4H3,(H,40,42). The van der Waals surface area contributed by atoms with E-state index in [1.807, 2.05) is 18.2 Å². The molecule has 1 amide bonds. The first-order valence-corrected chi connectivity index (χ1v) is 19.6. The fraction of sp³-hybridized carbons (Fsp3) is 0.658. The lowest BCUT2D eigenvalue weighted by Gasteiger charge is -2.42. The summed E-state index contributed by atoms with van der Waals surface area (Å²) in [6, 6.07) is 11.9. The number of methoxy groups -OCH3 is 1.